The number of aromatic nitrogens is 1. The largest absolute Gasteiger partial charge is 0.494 e. The van der Waals surface area contributed by atoms with Crippen LogP contribution >= 0.6 is 11.3 Å². The lowest BCUT2D eigenvalue weighted by Gasteiger charge is -2.05. The van der Waals surface area contributed by atoms with Crippen molar-refractivity contribution in [1.82, 2.24) is 4.98 Å². The summed E-state index contributed by atoms with van der Waals surface area (Å²) in [7, 11) is 0. The van der Waals surface area contributed by atoms with E-state index < -0.39 is 0 Å². The van der Waals surface area contributed by atoms with Crippen LogP contribution in [0, 0.1) is 20.8 Å². The van der Waals surface area contributed by atoms with Gasteiger partial charge in [-0.2, -0.15) is 0 Å². The van der Waals surface area contributed by atoms with Crippen molar-refractivity contribution in [3.05, 3.63) is 64.0 Å². The number of nitrogens with zero attached hydrogens (tertiary/aromatic N) is 1. The Kier molecular flexibility index (Phi) is 7.00. The molecule has 0 radical (unpaired) electrons. The summed E-state index contributed by atoms with van der Waals surface area (Å²) in [5.74, 6) is 0.578. The molecule has 0 aliphatic rings. The first-order chi connectivity index (χ1) is 14.4. The van der Waals surface area contributed by atoms with Crippen molar-refractivity contribution in [1.29, 1.82) is 0 Å². The number of hydrogen-bond donors (Lipinski definition) is 1. The van der Waals surface area contributed by atoms with Crippen LogP contribution in [-0.4, -0.2) is 23.3 Å². The summed E-state index contributed by atoms with van der Waals surface area (Å²) < 4.78 is 5.47. The quantitative estimate of drug-likeness (QED) is 0.470. The van der Waals surface area contributed by atoms with Gasteiger partial charge in [0.15, 0.2) is 10.9 Å². The van der Waals surface area contributed by atoms with Crippen LogP contribution in [0.5, 0.6) is 5.75 Å². The highest BCUT2D eigenvalue weighted by atomic mass is 32.1. The zero-order valence-corrected chi connectivity index (χ0v) is 18.6. The third kappa shape index (κ3) is 5.33. The van der Waals surface area contributed by atoms with Gasteiger partial charge in [0.1, 0.15) is 5.75 Å². The second kappa shape index (κ2) is 9.67. The Labute approximate surface area is 181 Å². The molecule has 0 saturated carbocycles. The number of aryl methyl sites for hydroxylation is 3. The number of thiazole rings is 1. The molecule has 0 spiro atoms. The van der Waals surface area contributed by atoms with Crippen LogP contribution in [0.15, 0.2) is 42.5 Å². The molecule has 3 rings (SSSR count). The fraction of sp³-hybridized carbons (Fsp3) is 0.292. The summed E-state index contributed by atoms with van der Waals surface area (Å²) in [6, 6.07) is 13.4. The van der Waals surface area contributed by atoms with Crippen LogP contribution in [0.2, 0.25) is 0 Å². The molecule has 6 heteroatoms. The predicted molar refractivity (Wildman–Crippen MR) is 122 cm³/mol. The van der Waals surface area contributed by atoms with E-state index in [0.29, 0.717) is 17.3 Å². The Morgan fingerprint density at radius 2 is 1.73 bits per heavy atom. The number of nitrogens with one attached hydrogen (secondary N) is 1. The first-order valence-corrected chi connectivity index (χ1v) is 10.8. The molecule has 2 aromatic carbocycles. The molecule has 1 aromatic heterocycles. The number of carbonyl (C=O) groups is 2. The molecule has 5 nitrogen and oxygen atoms in total. The topological polar surface area (TPSA) is 68.3 Å². The smallest absolute Gasteiger partial charge is 0.226 e. The zero-order chi connectivity index (χ0) is 21.7. The van der Waals surface area contributed by atoms with Gasteiger partial charge in [-0.1, -0.05) is 12.1 Å². The van der Waals surface area contributed by atoms with Crippen LogP contribution in [0.4, 0.5) is 5.13 Å². The van der Waals surface area contributed by atoms with Crippen molar-refractivity contribution in [3.63, 3.8) is 0 Å². The van der Waals surface area contributed by atoms with E-state index >= 15 is 0 Å². The van der Waals surface area contributed by atoms with Crippen LogP contribution < -0.4 is 10.1 Å². The minimum absolute atomic E-state index is 0.0290. The lowest BCUT2D eigenvalue weighted by molar-refractivity contribution is -0.116. The molecule has 0 bridgehead atoms. The maximum absolute atomic E-state index is 12.4. The minimum atomic E-state index is -0.209. The number of rotatable bonds is 8. The number of anilines is 1. The number of Topliss-reactive ketones (excluding diaryl/α,β-unsaturated/α-hetero) is 1. The van der Waals surface area contributed by atoms with E-state index in [2.05, 4.69) is 10.3 Å². The van der Waals surface area contributed by atoms with Gasteiger partial charge < -0.3 is 10.1 Å². The monoisotopic (exact) mass is 422 g/mol. The Balaban J connectivity index is 1.59. The molecule has 1 heterocycles. The van der Waals surface area contributed by atoms with Crippen molar-refractivity contribution in [2.75, 3.05) is 11.9 Å². The van der Waals surface area contributed by atoms with Crippen molar-refractivity contribution < 1.29 is 14.3 Å². The number of ether oxygens (including phenoxy) is 1. The normalized spacial score (nSPS) is 10.7. The van der Waals surface area contributed by atoms with Gasteiger partial charge in [-0.25, -0.2) is 4.98 Å². The lowest BCUT2D eigenvalue weighted by Crippen LogP contribution is -2.13. The maximum Gasteiger partial charge on any atom is 0.226 e. The van der Waals surface area contributed by atoms with Gasteiger partial charge in [-0.15, -0.1) is 11.3 Å². The molecule has 0 atom stereocenters. The third-order valence-electron chi connectivity index (χ3n) is 4.89. The Morgan fingerprint density at radius 1 is 1.00 bits per heavy atom. The van der Waals surface area contributed by atoms with E-state index in [4.69, 9.17) is 4.74 Å². The summed E-state index contributed by atoms with van der Waals surface area (Å²) in [5.41, 5.74) is 4.67. The molecule has 0 aliphatic carbocycles. The van der Waals surface area contributed by atoms with Crippen LogP contribution in [0.1, 0.15) is 46.1 Å². The van der Waals surface area contributed by atoms with Crippen molar-refractivity contribution in [2.45, 2.75) is 40.5 Å². The summed E-state index contributed by atoms with van der Waals surface area (Å²) in [6.07, 6.45) is 0.299. The van der Waals surface area contributed by atoms with E-state index in [1.54, 1.807) is 0 Å². The highest BCUT2D eigenvalue weighted by Crippen LogP contribution is 2.31. The molecule has 0 aliphatic heterocycles. The zero-order valence-electron chi connectivity index (χ0n) is 17.7. The number of carbonyl (C=O) groups excluding carboxylic acids is 2. The molecular weight excluding hydrogens is 396 g/mol. The molecular formula is C24H26N2O3S. The van der Waals surface area contributed by atoms with Crippen LogP contribution in [0.25, 0.3) is 11.3 Å². The Morgan fingerprint density at radius 3 is 2.40 bits per heavy atom. The van der Waals surface area contributed by atoms with E-state index in [-0.39, 0.29) is 24.5 Å². The van der Waals surface area contributed by atoms with Gasteiger partial charge in [-0.3, -0.25) is 9.59 Å². The van der Waals surface area contributed by atoms with Crippen molar-refractivity contribution in [2.24, 2.45) is 0 Å². The summed E-state index contributed by atoms with van der Waals surface area (Å²) >= 11 is 1.43. The highest BCUT2D eigenvalue weighted by molar-refractivity contribution is 7.16. The minimum Gasteiger partial charge on any atom is -0.494 e. The molecule has 1 N–H and O–H groups in total. The van der Waals surface area contributed by atoms with Gasteiger partial charge in [0.05, 0.1) is 12.3 Å². The average molecular weight is 423 g/mol. The maximum atomic E-state index is 12.4. The highest BCUT2D eigenvalue weighted by Gasteiger charge is 2.14. The predicted octanol–water partition coefficient (Wildman–Crippen LogP) is 5.74. The number of hydrogen-bond acceptors (Lipinski definition) is 5. The fourth-order valence-electron chi connectivity index (χ4n) is 3.06. The van der Waals surface area contributed by atoms with Gasteiger partial charge in [0.2, 0.25) is 5.91 Å². The third-order valence-corrected chi connectivity index (χ3v) is 5.78. The molecule has 3 aromatic rings. The molecule has 0 saturated heterocycles. The van der Waals surface area contributed by atoms with Gasteiger partial charge in [-0.05, 0) is 69.2 Å². The number of amides is 1. The van der Waals surface area contributed by atoms with Gasteiger partial charge in [0, 0.05) is 28.8 Å². The summed E-state index contributed by atoms with van der Waals surface area (Å²) in [5, 5.41) is 3.37. The number of ketones is 1. The van der Waals surface area contributed by atoms with E-state index in [0.717, 1.165) is 33.0 Å². The van der Waals surface area contributed by atoms with E-state index in [1.165, 1.54) is 11.3 Å². The SMILES string of the molecule is CCOc1ccc(-c2nc(NC(=O)CCC(=O)c3ccc(C)c(C)c3)sc2C)cc1. The van der Waals surface area contributed by atoms with Crippen molar-refractivity contribution >= 4 is 28.2 Å². The molecule has 0 unspecified atom stereocenters. The first-order valence-electron chi connectivity index (χ1n) is 9.98. The standard InChI is InChI=1S/C24H26N2O3S/c1-5-29-20-10-8-18(9-11-20)23-17(4)30-24(26-23)25-22(28)13-12-21(27)19-7-6-15(2)16(3)14-19/h6-11,14H,5,12-13H2,1-4H3,(H,25,26,28). The fourth-order valence-corrected chi connectivity index (χ4v) is 3.91. The van der Waals surface area contributed by atoms with Gasteiger partial charge in [0.25, 0.3) is 0 Å². The molecule has 1 amide bonds. The van der Waals surface area contributed by atoms with E-state index in [9.17, 15) is 9.59 Å². The molecule has 30 heavy (non-hydrogen) atoms. The number of benzene rings is 2. The molecule has 156 valence electrons. The van der Waals surface area contributed by atoms with E-state index in [1.807, 2.05) is 70.2 Å². The van der Waals surface area contributed by atoms with Crippen LogP contribution in [0.3, 0.4) is 0 Å². The first kappa shape index (κ1) is 21.7. The second-order valence-electron chi connectivity index (χ2n) is 7.15. The lowest BCUT2D eigenvalue weighted by atomic mass is 10.0. The van der Waals surface area contributed by atoms with Crippen LogP contribution in [-0.2, 0) is 4.79 Å². The summed E-state index contributed by atoms with van der Waals surface area (Å²) in [6.45, 7) is 8.53. The van der Waals surface area contributed by atoms with Crippen molar-refractivity contribution in [3.8, 4) is 17.0 Å². The summed E-state index contributed by atoms with van der Waals surface area (Å²) in [4.78, 5) is 30.3. The van der Waals surface area contributed by atoms with Gasteiger partial charge >= 0.3 is 0 Å². The molecule has 0 fully saturated rings. The Hall–Kier alpha value is -2.99. The average Bonchev–Trinajstić information content (AvgIpc) is 3.09. The second-order valence-corrected chi connectivity index (χ2v) is 8.35. The Bertz CT molecular complexity index is 1050.